The largest absolute Gasteiger partial charge is 0.462 e. The van der Waals surface area contributed by atoms with E-state index in [2.05, 4.69) is 0 Å². The predicted octanol–water partition coefficient (Wildman–Crippen LogP) is 1.88. The molecule has 22 heavy (non-hydrogen) atoms. The van der Waals surface area contributed by atoms with E-state index in [9.17, 15) is 19.2 Å². The third-order valence-corrected chi connectivity index (χ3v) is 4.11. The van der Waals surface area contributed by atoms with E-state index in [1.165, 1.54) is 0 Å². The average Bonchev–Trinajstić information content (AvgIpc) is 3.09. The summed E-state index contributed by atoms with van der Waals surface area (Å²) >= 11 is 0. The lowest BCUT2D eigenvalue weighted by molar-refractivity contribution is -0.142. The molecule has 0 spiro atoms. The normalized spacial score (nSPS) is 24.2. The summed E-state index contributed by atoms with van der Waals surface area (Å²) in [7, 11) is 0. The monoisotopic (exact) mass is 310 g/mol. The lowest BCUT2D eigenvalue weighted by Crippen LogP contribution is -2.12. The van der Waals surface area contributed by atoms with Gasteiger partial charge in [-0.2, -0.15) is 0 Å². The number of cyclic esters (lactones) is 2. The molecule has 2 atom stereocenters. The van der Waals surface area contributed by atoms with Crippen molar-refractivity contribution in [2.24, 2.45) is 0 Å². The van der Waals surface area contributed by atoms with Crippen molar-refractivity contribution in [3.63, 3.8) is 0 Å². The van der Waals surface area contributed by atoms with E-state index >= 15 is 0 Å². The quantitative estimate of drug-likeness (QED) is 0.604. The second-order valence-corrected chi connectivity index (χ2v) is 5.96. The van der Waals surface area contributed by atoms with Gasteiger partial charge in [0.05, 0.1) is 0 Å². The number of ketones is 2. The fourth-order valence-corrected chi connectivity index (χ4v) is 2.74. The summed E-state index contributed by atoms with van der Waals surface area (Å²) in [6, 6.07) is 0. The summed E-state index contributed by atoms with van der Waals surface area (Å²) in [6.45, 7) is 0. The fraction of sp³-hybridized carbons (Fsp3) is 0.750. The molecule has 0 N–H and O–H groups in total. The maximum absolute atomic E-state index is 11.7. The highest BCUT2D eigenvalue weighted by Gasteiger charge is 2.25. The molecule has 0 radical (unpaired) electrons. The van der Waals surface area contributed by atoms with Gasteiger partial charge in [-0.25, -0.2) is 0 Å². The smallest absolute Gasteiger partial charge is 0.306 e. The van der Waals surface area contributed by atoms with Gasteiger partial charge in [0.25, 0.3) is 0 Å². The highest BCUT2D eigenvalue weighted by molar-refractivity contribution is 5.86. The Morgan fingerprint density at radius 1 is 0.773 bits per heavy atom. The summed E-state index contributed by atoms with van der Waals surface area (Å²) in [5.41, 5.74) is 0. The minimum absolute atomic E-state index is 0.0311. The van der Waals surface area contributed by atoms with Gasteiger partial charge >= 0.3 is 11.9 Å². The Morgan fingerprint density at radius 3 is 1.50 bits per heavy atom. The van der Waals surface area contributed by atoms with Crippen molar-refractivity contribution in [2.75, 3.05) is 0 Å². The van der Waals surface area contributed by atoms with Gasteiger partial charge < -0.3 is 9.47 Å². The number of carbonyl (C=O) groups excluding carboxylic acids is 4. The molecule has 122 valence electrons. The molecule has 2 heterocycles. The summed E-state index contributed by atoms with van der Waals surface area (Å²) in [5.74, 6) is -0.326. The molecule has 2 rings (SSSR count). The van der Waals surface area contributed by atoms with Crippen molar-refractivity contribution < 1.29 is 28.7 Å². The Hall–Kier alpha value is -1.72. The molecule has 0 saturated carbocycles. The molecule has 0 bridgehead atoms. The van der Waals surface area contributed by atoms with Crippen LogP contribution in [0.4, 0.5) is 0 Å². The molecule has 0 aromatic rings. The Kier molecular flexibility index (Phi) is 6.10. The van der Waals surface area contributed by atoms with Crippen LogP contribution in [-0.2, 0) is 28.7 Å². The van der Waals surface area contributed by atoms with Crippen LogP contribution in [0, 0.1) is 0 Å². The van der Waals surface area contributed by atoms with Crippen molar-refractivity contribution in [3.8, 4) is 0 Å². The first-order valence-corrected chi connectivity index (χ1v) is 7.95. The van der Waals surface area contributed by atoms with E-state index in [1.54, 1.807) is 0 Å². The lowest BCUT2D eigenvalue weighted by Gasteiger charge is -2.09. The maximum Gasteiger partial charge on any atom is 0.306 e. The summed E-state index contributed by atoms with van der Waals surface area (Å²) in [5, 5.41) is 0. The predicted molar refractivity (Wildman–Crippen MR) is 75.9 cm³/mol. The van der Waals surface area contributed by atoms with Crippen LogP contribution in [-0.4, -0.2) is 35.7 Å². The van der Waals surface area contributed by atoms with E-state index in [0.29, 0.717) is 51.4 Å². The molecule has 2 aliphatic heterocycles. The zero-order chi connectivity index (χ0) is 15.9. The zero-order valence-corrected chi connectivity index (χ0v) is 12.7. The van der Waals surface area contributed by atoms with Gasteiger partial charge in [0, 0.05) is 38.5 Å². The fourth-order valence-electron chi connectivity index (χ4n) is 2.74. The van der Waals surface area contributed by atoms with Gasteiger partial charge in [-0.05, 0) is 25.7 Å². The average molecular weight is 310 g/mol. The third kappa shape index (κ3) is 5.58. The Morgan fingerprint density at radius 2 is 1.18 bits per heavy atom. The van der Waals surface area contributed by atoms with Crippen molar-refractivity contribution in [3.05, 3.63) is 0 Å². The summed E-state index contributed by atoms with van der Waals surface area (Å²) < 4.78 is 10.1. The first-order valence-electron chi connectivity index (χ1n) is 7.95. The highest BCUT2D eigenvalue weighted by atomic mass is 16.6. The number of esters is 2. The van der Waals surface area contributed by atoms with E-state index in [1.807, 2.05) is 0 Å². The maximum atomic E-state index is 11.7. The summed E-state index contributed by atoms with van der Waals surface area (Å²) in [6.07, 6.45) is 4.26. The number of rotatable bonds is 9. The first-order chi connectivity index (χ1) is 10.5. The van der Waals surface area contributed by atoms with Crippen molar-refractivity contribution in [1.82, 2.24) is 0 Å². The van der Waals surface area contributed by atoms with Gasteiger partial charge in [-0.1, -0.05) is 0 Å². The van der Waals surface area contributed by atoms with Crippen molar-refractivity contribution in [1.29, 1.82) is 0 Å². The molecule has 0 aromatic carbocycles. The topological polar surface area (TPSA) is 86.7 Å². The van der Waals surface area contributed by atoms with Crippen LogP contribution >= 0.6 is 0 Å². The van der Waals surface area contributed by atoms with Gasteiger partial charge in [-0.3, -0.25) is 19.2 Å². The van der Waals surface area contributed by atoms with E-state index < -0.39 is 0 Å². The van der Waals surface area contributed by atoms with Crippen LogP contribution in [0.5, 0.6) is 0 Å². The molecule has 0 aliphatic carbocycles. The molecule has 6 nitrogen and oxygen atoms in total. The number of Topliss-reactive ketones (excluding diaryl/α,β-unsaturated/α-hetero) is 2. The van der Waals surface area contributed by atoms with Crippen LogP contribution in [0.2, 0.25) is 0 Å². The Balaban J connectivity index is 1.52. The number of carbonyl (C=O) groups is 4. The molecule has 2 fully saturated rings. The van der Waals surface area contributed by atoms with Gasteiger partial charge in [-0.15, -0.1) is 0 Å². The first kappa shape index (κ1) is 16.6. The molecule has 0 aromatic heterocycles. The molecule has 6 heteroatoms. The van der Waals surface area contributed by atoms with Crippen LogP contribution in [0.1, 0.15) is 64.2 Å². The second kappa shape index (κ2) is 8.06. The van der Waals surface area contributed by atoms with Crippen LogP contribution in [0.3, 0.4) is 0 Å². The molecule has 2 aliphatic rings. The van der Waals surface area contributed by atoms with Crippen LogP contribution in [0.15, 0.2) is 0 Å². The second-order valence-electron chi connectivity index (χ2n) is 5.96. The molecule has 2 saturated heterocycles. The van der Waals surface area contributed by atoms with E-state index in [0.717, 1.165) is 0 Å². The molecular weight excluding hydrogens is 288 g/mol. The number of ether oxygens (including phenoxy) is 2. The van der Waals surface area contributed by atoms with E-state index in [4.69, 9.17) is 9.47 Å². The minimum Gasteiger partial charge on any atom is -0.462 e. The Bertz CT molecular complexity index is 414. The highest BCUT2D eigenvalue weighted by Crippen LogP contribution is 2.20. The molecule has 2 unspecified atom stereocenters. The van der Waals surface area contributed by atoms with Crippen LogP contribution < -0.4 is 0 Å². The zero-order valence-electron chi connectivity index (χ0n) is 12.7. The number of hydrogen-bond donors (Lipinski definition) is 0. The van der Waals surface area contributed by atoms with Crippen molar-refractivity contribution in [2.45, 2.75) is 76.4 Å². The van der Waals surface area contributed by atoms with Crippen molar-refractivity contribution >= 4 is 23.5 Å². The summed E-state index contributed by atoms with van der Waals surface area (Å²) in [4.78, 5) is 45.3. The minimum atomic E-state index is -0.194. The molecular formula is C16H22O6. The van der Waals surface area contributed by atoms with Gasteiger partial charge in [0.1, 0.15) is 23.8 Å². The van der Waals surface area contributed by atoms with Gasteiger partial charge in [0.15, 0.2) is 0 Å². The Labute approximate surface area is 129 Å². The standard InChI is InChI=1S/C16H22O6/c17-11(3-5-13-7-9-15(19)21-13)1-2-12(18)4-6-14-8-10-16(20)22-14/h13-14H,1-10H2. The number of hydrogen-bond acceptors (Lipinski definition) is 6. The third-order valence-electron chi connectivity index (χ3n) is 4.11. The van der Waals surface area contributed by atoms with Crippen LogP contribution in [0.25, 0.3) is 0 Å². The van der Waals surface area contributed by atoms with Gasteiger partial charge in [0.2, 0.25) is 0 Å². The van der Waals surface area contributed by atoms with E-state index in [-0.39, 0.29) is 48.6 Å². The SMILES string of the molecule is O=C(CCC(=O)CCC1CCC(=O)O1)CCC1CCC(=O)O1. The lowest BCUT2D eigenvalue weighted by atomic mass is 10.0. The molecule has 0 amide bonds.